The van der Waals surface area contributed by atoms with Gasteiger partial charge in [0.25, 0.3) is 0 Å². The predicted octanol–water partition coefficient (Wildman–Crippen LogP) is 6.77. The Morgan fingerprint density at radius 1 is 0.903 bits per heavy atom. The molecule has 0 saturated heterocycles. The van der Waals surface area contributed by atoms with E-state index in [-0.39, 0.29) is 0 Å². The molecule has 4 rings (SSSR count). The molecular formula is C27H37NO2S. The molecule has 168 valence electrons. The van der Waals surface area contributed by atoms with Gasteiger partial charge in [-0.25, -0.2) is 8.42 Å². The lowest BCUT2D eigenvalue weighted by atomic mass is 9.80. The van der Waals surface area contributed by atoms with Gasteiger partial charge in [0, 0.05) is 28.4 Å². The monoisotopic (exact) mass is 439 g/mol. The summed E-state index contributed by atoms with van der Waals surface area (Å²) in [6.45, 7) is 8.66. The maximum absolute atomic E-state index is 12.5. The topological polar surface area (TPSA) is 39.1 Å². The Kier molecular flexibility index (Phi) is 6.22. The summed E-state index contributed by atoms with van der Waals surface area (Å²) in [6, 6.07) is 15.7. The quantitative estimate of drug-likeness (QED) is 0.425. The van der Waals surface area contributed by atoms with Gasteiger partial charge in [-0.1, -0.05) is 37.1 Å². The second-order valence-electron chi connectivity index (χ2n) is 10.4. The normalized spacial score (nSPS) is 20.5. The highest BCUT2D eigenvalue weighted by Gasteiger charge is 2.33. The van der Waals surface area contributed by atoms with Crippen LogP contribution in [-0.2, 0) is 22.8 Å². The van der Waals surface area contributed by atoms with Gasteiger partial charge in [0.05, 0.1) is 10.5 Å². The van der Waals surface area contributed by atoms with Crippen LogP contribution in [0.2, 0.25) is 0 Å². The van der Waals surface area contributed by atoms with Crippen molar-refractivity contribution in [1.82, 2.24) is 4.57 Å². The van der Waals surface area contributed by atoms with Crippen LogP contribution >= 0.6 is 0 Å². The van der Waals surface area contributed by atoms with E-state index in [1.165, 1.54) is 46.6 Å². The molecule has 1 aliphatic carbocycles. The van der Waals surface area contributed by atoms with E-state index in [1.807, 2.05) is 20.8 Å². The van der Waals surface area contributed by atoms with Gasteiger partial charge in [-0.3, -0.25) is 0 Å². The Morgan fingerprint density at radius 2 is 1.55 bits per heavy atom. The molecule has 1 aliphatic rings. The summed E-state index contributed by atoms with van der Waals surface area (Å²) in [4.78, 5) is 0. The van der Waals surface area contributed by atoms with E-state index in [4.69, 9.17) is 0 Å². The molecule has 2 aromatic carbocycles. The first-order valence-corrected chi connectivity index (χ1v) is 13.6. The second kappa shape index (κ2) is 8.61. The van der Waals surface area contributed by atoms with Crippen LogP contribution in [0.3, 0.4) is 0 Å². The molecule has 1 heterocycles. The molecule has 3 nitrogen and oxygen atoms in total. The van der Waals surface area contributed by atoms with Crippen molar-refractivity contribution in [3.8, 4) is 0 Å². The van der Waals surface area contributed by atoms with Gasteiger partial charge in [-0.15, -0.1) is 0 Å². The number of para-hydroxylation sites is 1. The van der Waals surface area contributed by atoms with Crippen LogP contribution in [0, 0.1) is 11.8 Å². The summed E-state index contributed by atoms with van der Waals surface area (Å²) in [5.74, 6) is 1.43. The van der Waals surface area contributed by atoms with Crippen LogP contribution in [0.25, 0.3) is 21.8 Å². The zero-order valence-electron chi connectivity index (χ0n) is 19.5. The number of hydrogen-bond donors (Lipinski definition) is 0. The second-order valence-corrected chi connectivity index (χ2v) is 13.2. The van der Waals surface area contributed by atoms with Crippen molar-refractivity contribution in [3.63, 3.8) is 0 Å². The van der Waals surface area contributed by atoms with Crippen molar-refractivity contribution in [1.29, 1.82) is 0 Å². The SMILES string of the molecule is CCn1c2ccccc2c2cc(CCC3CCC(CS(=O)(=O)C(C)(C)C)CC3)ccc21. The third-order valence-electron chi connectivity index (χ3n) is 7.35. The van der Waals surface area contributed by atoms with Crippen molar-refractivity contribution in [2.45, 2.75) is 77.5 Å². The highest BCUT2D eigenvalue weighted by molar-refractivity contribution is 7.92. The molecule has 1 fully saturated rings. The largest absolute Gasteiger partial charge is 0.341 e. The highest BCUT2D eigenvalue weighted by Crippen LogP contribution is 2.35. The molecule has 0 radical (unpaired) electrons. The highest BCUT2D eigenvalue weighted by atomic mass is 32.2. The first-order valence-electron chi connectivity index (χ1n) is 11.9. The zero-order valence-corrected chi connectivity index (χ0v) is 20.3. The lowest BCUT2D eigenvalue weighted by Crippen LogP contribution is -2.34. The first-order chi connectivity index (χ1) is 14.7. The van der Waals surface area contributed by atoms with E-state index >= 15 is 0 Å². The Hall–Kier alpha value is -1.81. The maximum Gasteiger partial charge on any atom is 0.155 e. The first kappa shape index (κ1) is 22.4. The van der Waals surface area contributed by atoms with E-state index in [0.29, 0.717) is 11.7 Å². The van der Waals surface area contributed by atoms with Crippen LogP contribution in [0.1, 0.15) is 65.4 Å². The van der Waals surface area contributed by atoms with Crippen molar-refractivity contribution >= 4 is 31.6 Å². The van der Waals surface area contributed by atoms with Crippen molar-refractivity contribution < 1.29 is 8.42 Å². The molecule has 0 spiro atoms. The minimum Gasteiger partial charge on any atom is -0.341 e. The third-order valence-corrected chi connectivity index (χ3v) is 10.1. The van der Waals surface area contributed by atoms with Gasteiger partial charge in [-0.2, -0.15) is 0 Å². The fraction of sp³-hybridized carbons (Fsp3) is 0.556. The van der Waals surface area contributed by atoms with Crippen LogP contribution < -0.4 is 0 Å². The Bertz CT molecular complexity index is 1160. The lowest BCUT2D eigenvalue weighted by molar-refractivity contribution is 0.278. The number of fused-ring (bicyclic) bond motifs is 3. The number of aromatic nitrogens is 1. The van der Waals surface area contributed by atoms with Gasteiger partial charge in [0.15, 0.2) is 9.84 Å². The van der Waals surface area contributed by atoms with Crippen molar-refractivity contribution in [2.75, 3.05) is 5.75 Å². The summed E-state index contributed by atoms with van der Waals surface area (Å²) < 4.78 is 26.8. The number of aryl methyl sites for hydroxylation is 2. The molecule has 0 bridgehead atoms. The Morgan fingerprint density at radius 3 is 2.23 bits per heavy atom. The fourth-order valence-electron chi connectivity index (χ4n) is 5.21. The molecule has 0 N–H and O–H groups in total. The molecule has 0 atom stereocenters. The molecular weight excluding hydrogens is 402 g/mol. The zero-order chi connectivity index (χ0) is 22.2. The molecule has 0 unspecified atom stereocenters. The van der Waals surface area contributed by atoms with E-state index in [1.54, 1.807) is 0 Å². The fourth-order valence-corrected chi connectivity index (χ4v) is 6.67. The van der Waals surface area contributed by atoms with Gasteiger partial charge in [0.2, 0.25) is 0 Å². The average molecular weight is 440 g/mol. The van der Waals surface area contributed by atoms with E-state index in [0.717, 1.165) is 31.7 Å². The van der Waals surface area contributed by atoms with Crippen LogP contribution in [0.4, 0.5) is 0 Å². The smallest absolute Gasteiger partial charge is 0.155 e. The third kappa shape index (κ3) is 4.55. The van der Waals surface area contributed by atoms with Crippen molar-refractivity contribution in [3.05, 3.63) is 48.0 Å². The van der Waals surface area contributed by atoms with Gasteiger partial charge >= 0.3 is 0 Å². The molecule has 4 heteroatoms. The number of nitrogens with zero attached hydrogens (tertiary/aromatic N) is 1. The molecule has 0 aliphatic heterocycles. The van der Waals surface area contributed by atoms with E-state index < -0.39 is 14.6 Å². The lowest BCUT2D eigenvalue weighted by Gasteiger charge is -2.30. The van der Waals surface area contributed by atoms with Crippen molar-refractivity contribution in [2.24, 2.45) is 11.8 Å². The summed E-state index contributed by atoms with van der Waals surface area (Å²) >= 11 is 0. The van der Waals surface area contributed by atoms with E-state index in [2.05, 4.69) is 54.0 Å². The summed E-state index contributed by atoms with van der Waals surface area (Å²) in [5, 5.41) is 2.72. The summed E-state index contributed by atoms with van der Waals surface area (Å²) in [7, 11) is -3.01. The predicted molar refractivity (Wildman–Crippen MR) is 132 cm³/mol. The van der Waals surface area contributed by atoms with Crippen LogP contribution in [0.15, 0.2) is 42.5 Å². The number of rotatable bonds is 6. The number of benzene rings is 2. The molecule has 1 saturated carbocycles. The summed E-state index contributed by atoms with van der Waals surface area (Å²) in [6.07, 6.45) is 6.77. The maximum atomic E-state index is 12.5. The number of sulfone groups is 1. The van der Waals surface area contributed by atoms with Crippen LogP contribution in [-0.4, -0.2) is 23.5 Å². The minimum atomic E-state index is -3.01. The summed E-state index contributed by atoms with van der Waals surface area (Å²) in [5.41, 5.74) is 4.07. The molecule has 31 heavy (non-hydrogen) atoms. The van der Waals surface area contributed by atoms with E-state index in [9.17, 15) is 8.42 Å². The Labute approximate surface area is 187 Å². The molecule has 1 aromatic heterocycles. The minimum absolute atomic E-state index is 0.344. The number of hydrogen-bond acceptors (Lipinski definition) is 2. The standard InChI is InChI=1S/C27H37NO2S/c1-5-28-25-9-7-6-8-23(25)24-18-21(16-17-26(24)28)13-10-20-11-14-22(15-12-20)19-31(29,30)27(2,3)4/h6-9,16-18,20,22H,5,10-15,19H2,1-4H3. The van der Waals surface area contributed by atoms with Gasteiger partial charge in [0.1, 0.15) is 0 Å². The van der Waals surface area contributed by atoms with Gasteiger partial charge < -0.3 is 4.57 Å². The van der Waals surface area contributed by atoms with Crippen LogP contribution in [0.5, 0.6) is 0 Å². The van der Waals surface area contributed by atoms with Gasteiger partial charge in [-0.05, 0) is 89.0 Å². The molecule has 3 aromatic rings. The molecule has 0 amide bonds. The average Bonchev–Trinajstić information content (AvgIpc) is 3.05. The Balaban J connectivity index is 1.39.